The summed E-state index contributed by atoms with van der Waals surface area (Å²) in [4.78, 5) is 0. The lowest BCUT2D eigenvalue weighted by Crippen LogP contribution is -1.61. The SMILES string of the molecule is C[C@@H]1C[C@@H]1Cl. The van der Waals surface area contributed by atoms with Gasteiger partial charge in [0.05, 0.1) is 0 Å². The van der Waals surface area contributed by atoms with Gasteiger partial charge in [-0.2, -0.15) is 0 Å². The summed E-state index contributed by atoms with van der Waals surface area (Å²) in [6, 6.07) is 0. The second-order valence-corrected chi connectivity index (χ2v) is 2.29. The highest BCUT2D eigenvalue weighted by molar-refractivity contribution is 6.22. The fourth-order valence-electron chi connectivity index (χ4n) is 0.277. The summed E-state index contributed by atoms with van der Waals surface area (Å²) >= 11 is 5.54. The van der Waals surface area contributed by atoms with Crippen LogP contribution in [0.2, 0.25) is 0 Å². The maximum absolute atomic E-state index is 5.54. The Labute approximate surface area is 37.1 Å². The van der Waals surface area contributed by atoms with Crippen LogP contribution in [0.4, 0.5) is 0 Å². The third kappa shape index (κ3) is 0.569. The molecule has 1 heteroatoms. The van der Waals surface area contributed by atoms with E-state index in [2.05, 4.69) is 6.92 Å². The Balaban J connectivity index is 2.20. The summed E-state index contributed by atoms with van der Waals surface area (Å²) in [5, 5.41) is 0.523. The van der Waals surface area contributed by atoms with Gasteiger partial charge in [-0.15, -0.1) is 11.6 Å². The van der Waals surface area contributed by atoms with E-state index in [1.165, 1.54) is 6.42 Å². The van der Waals surface area contributed by atoms with Crippen LogP contribution in [0, 0.1) is 5.92 Å². The molecule has 0 heterocycles. The van der Waals surface area contributed by atoms with E-state index in [0.29, 0.717) is 5.38 Å². The maximum atomic E-state index is 5.54. The zero-order valence-corrected chi connectivity index (χ0v) is 4.00. The van der Waals surface area contributed by atoms with Crippen LogP contribution in [0.5, 0.6) is 0 Å². The molecule has 0 radical (unpaired) electrons. The quantitative estimate of drug-likeness (QED) is 0.397. The second-order valence-electron chi connectivity index (χ2n) is 1.73. The topological polar surface area (TPSA) is 0 Å². The monoisotopic (exact) mass is 90.0 g/mol. The van der Waals surface area contributed by atoms with E-state index >= 15 is 0 Å². The van der Waals surface area contributed by atoms with Crippen molar-refractivity contribution >= 4 is 11.6 Å². The fraction of sp³-hybridized carbons (Fsp3) is 1.00. The minimum absolute atomic E-state index is 0.523. The predicted molar refractivity (Wildman–Crippen MR) is 23.4 cm³/mol. The Kier molecular flexibility index (Phi) is 0.608. The van der Waals surface area contributed by atoms with Crippen molar-refractivity contribution in [1.29, 1.82) is 0 Å². The first-order chi connectivity index (χ1) is 2.30. The van der Waals surface area contributed by atoms with Gasteiger partial charge < -0.3 is 0 Å². The molecule has 1 fully saturated rings. The molecule has 2 atom stereocenters. The van der Waals surface area contributed by atoms with Crippen molar-refractivity contribution in [2.45, 2.75) is 18.7 Å². The zero-order chi connectivity index (χ0) is 3.86. The number of rotatable bonds is 0. The molecule has 0 N–H and O–H groups in total. The van der Waals surface area contributed by atoms with Gasteiger partial charge in [-0.25, -0.2) is 0 Å². The molecule has 0 aromatic carbocycles. The highest BCUT2D eigenvalue weighted by Crippen LogP contribution is 2.34. The molecule has 0 amide bonds. The Morgan fingerprint density at radius 1 is 1.80 bits per heavy atom. The van der Waals surface area contributed by atoms with Crippen molar-refractivity contribution < 1.29 is 0 Å². The highest BCUT2D eigenvalue weighted by Gasteiger charge is 2.29. The van der Waals surface area contributed by atoms with Gasteiger partial charge in [-0.05, 0) is 12.3 Å². The van der Waals surface area contributed by atoms with Crippen molar-refractivity contribution in [2.24, 2.45) is 5.92 Å². The Bertz CT molecular complexity index is 36.9. The Morgan fingerprint density at radius 2 is 2.00 bits per heavy atom. The molecular weight excluding hydrogens is 83.5 g/mol. The van der Waals surface area contributed by atoms with Gasteiger partial charge in [0.25, 0.3) is 0 Å². The first-order valence-electron chi connectivity index (χ1n) is 1.95. The van der Waals surface area contributed by atoms with E-state index in [9.17, 15) is 0 Å². The van der Waals surface area contributed by atoms with Crippen LogP contribution in [-0.2, 0) is 0 Å². The third-order valence-corrected chi connectivity index (χ3v) is 1.62. The van der Waals surface area contributed by atoms with Gasteiger partial charge in [0.15, 0.2) is 0 Å². The largest absolute Gasteiger partial charge is 0.123 e. The van der Waals surface area contributed by atoms with Crippen LogP contribution in [0.15, 0.2) is 0 Å². The Morgan fingerprint density at radius 3 is 2.00 bits per heavy atom. The third-order valence-electron chi connectivity index (χ3n) is 1.01. The van der Waals surface area contributed by atoms with Crippen molar-refractivity contribution in [2.75, 3.05) is 0 Å². The molecule has 0 aromatic heterocycles. The smallest absolute Gasteiger partial charge is 0.0365 e. The molecule has 30 valence electrons. The molecule has 0 nitrogen and oxygen atoms in total. The molecule has 1 aliphatic carbocycles. The first kappa shape index (κ1) is 3.48. The number of alkyl halides is 1. The van der Waals surface area contributed by atoms with Crippen LogP contribution in [0.1, 0.15) is 13.3 Å². The van der Waals surface area contributed by atoms with Gasteiger partial charge in [0.1, 0.15) is 0 Å². The van der Waals surface area contributed by atoms with E-state index in [-0.39, 0.29) is 0 Å². The average Bonchev–Trinajstić information content (AvgIpc) is 1.79. The molecule has 0 aliphatic heterocycles. The molecule has 0 bridgehead atoms. The minimum Gasteiger partial charge on any atom is -0.123 e. The number of hydrogen-bond donors (Lipinski definition) is 0. The number of halogens is 1. The van der Waals surface area contributed by atoms with E-state index in [1.54, 1.807) is 0 Å². The lowest BCUT2D eigenvalue weighted by molar-refractivity contribution is 0.985. The van der Waals surface area contributed by atoms with Crippen LogP contribution in [0.3, 0.4) is 0 Å². The maximum Gasteiger partial charge on any atom is 0.0365 e. The predicted octanol–water partition coefficient (Wildman–Crippen LogP) is 1.63. The van der Waals surface area contributed by atoms with Crippen molar-refractivity contribution in [1.82, 2.24) is 0 Å². The lowest BCUT2D eigenvalue weighted by Gasteiger charge is -1.64. The molecule has 1 aliphatic rings. The van der Waals surface area contributed by atoms with Crippen LogP contribution in [-0.4, -0.2) is 5.38 Å². The van der Waals surface area contributed by atoms with Crippen LogP contribution >= 0.6 is 11.6 Å². The second kappa shape index (κ2) is 0.874. The summed E-state index contributed by atoms with van der Waals surface area (Å²) in [5.74, 6) is 0.816. The van der Waals surface area contributed by atoms with Crippen molar-refractivity contribution in [3.05, 3.63) is 0 Å². The van der Waals surface area contributed by atoms with Crippen molar-refractivity contribution in [3.63, 3.8) is 0 Å². The number of hydrogen-bond acceptors (Lipinski definition) is 0. The van der Waals surface area contributed by atoms with Gasteiger partial charge in [-0.3, -0.25) is 0 Å². The molecule has 0 saturated heterocycles. The first-order valence-corrected chi connectivity index (χ1v) is 2.38. The average molecular weight is 90.6 g/mol. The van der Waals surface area contributed by atoms with Crippen LogP contribution in [0.25, 0.3) is 0 Å². The normalized spacial score (nSPS) is 49.2. The fourth-order valence-corrected chi connectivity index (χ4v) is 0.558. The highest BCUT2D eigenvalue weighted by atomic mass is 35.5. The molecule has 0 spiro atoms. The van der Waals surface area contributed by atoms with Gasteiger partial charge in [0, 0.05) is 5.38 Å². The van der Waals surface area contributed by atoms with Gasteiger partial charge >= 0.3 is 0 Å². The summed E-state index contributed by atoms with van der Waals surface area (Å²) < 4.78 is 0. The van der Waals surface area contributed by atoms with Crippen molar-refractivity contribution in [3.8, 4) is 0 Å². The Hall–Kier alpha value is 0.290. The summed E-state index contributed by atoms with van der Waals surface area (Å²) in [5.41, 5.74) is 0. The molecule has 0 aromatic rings. The van der Waals surface area contributed by atoms with Gasteiger partial charge in [-0.1, -0.05) is 6.92 Å². The zero-order valence-electron chi connectivity index (χ0n) is 3.24. The minimum atomic E-state index is 0.523. The van der Waals surface area contributed by atoms with E-state index < -0.39 is 0 Å². The van der Waals surface area contributed by atoms with E-state index in [4.69, 9.17) is 11.6 Å². The molecule has 0 unspecified atom stereocenters. The van der Waals surface area contributed by atoms with E-state index in [1.807, 2.05) is 0 Å². The molecule has 1 rings (SSSR count). The van der Waals surface area contributed by atoms with E-state index in [0.717, 1.165) is 5.92 Å². The lowest BCUT2D eigenvalue weighted by atomic mass is 10.5. The summed E-state index contributed by atoms with van der Waals surface area (Å²) in [6.07, 6.45) is 1.24. The summed E-state index contributed by atoms with van der Waals surface area (Å²) in [6.45, 7) is 2.16. The van der Waals surface area contributed by atoms with Crippen LogP contribution < -0.4 is 0 Å². The molecule has 1 saturated carbocycles. The standard InChI is InChI=1S/C4H7Cl/c1-3-2-4(3)5/h3-4H,2H2,1H3/t3-,4+/m1/s1. The van der Waals surface area contributed by atoms with Gasteiger partial charge in [0.2, 0.25) is 0 Å². The molecule has 5 heavy (non-hydrogen) atoms. The molecular formula is C4H7Cl. The summed E-state index contributed by atoms with van der Waals surface area (Å²) in [7, 11) is 0.